The van der Waals surface area contributed by atoms with Crippen molar-refractivity contribution in [1.82, 2.24) is 0 Å². The zero-order valence-corrected chi connectivity index (χ0v) is 14.4. The third-order valence-electron chi connectivity index (χ3n) is 3.31. The number of anilines is 2. The van der Waals surface area contributed by atoms with Crippen LogP contribution in [0.25, 0.3) is 0 Å². The topological polar surface area (TPSA) is 51.8 Å². The first-order valence-electron chi connectivity index (χ1n) is 7.02. The van der Waals surface area contributed by atoms with Gasteiger partial charge in [0.25, 0.3) is 0 Å². The average Bonchev–Trinajstić information content (AvgIpc) is 2.56. The normalized spacial score (nSPS) is 9.91. The molecule has 0 bridgehead atoms. The standard InChI is InChI=1S/C17H20N2O3S/c1-11-8-15(21-3)16(22-4)10-14(11)19-17(23)18-12-6-5-7-13(9-12)20-2/h5-10H,1-4H3,(H2,18,19,23). The van der Waals surface area contributed by atoms with Gasteiger partial charge in [0.05, 0.1) is 21.3 Å². The van der Waals surface area contributed by atoms with E-state index >= 15 is 0 Å². The number of hydrogen-bond donors (Lipinski definition) is 2. The number of methoxy groups -OCH3 is 3. The van der Waals surface area contributed by atoms with Gasteiger partial charge in [0, 0.05) is 23.5 Å². The molecule has 2 aromatic carbocycles. The van der Waals surface area contributed by atoms with Crippen LogP contribution in [0.15, 0.2) is 36.4 Å². The molecule has 2 rings (SSSR count). The van der Waals surface area contributed by atoms with Crippen LogP contribution in [0, 0.1) is 6.92 Å². The monoisotopic (exact) mass is 332 g/mol. The number of ether oxygens (including phenoxy) is 3. The first-order valence-corrected chi connectivity index (χ1v) is 7.43. The molecule has 0 saturated carbocycles. The van der Waals surface area contributed by atoms with Crippen molar-refractivity contribution in [2.24, 2.45) is 0 Å². The van der Waals surface area contributed by atoms with Crippen LogP contribution in [0.2, 0.25) is 0 Å². The van der Waals surface area contributed by atoms with Crippen LogP contribution in [0.3, 0.4) is 0 Å². The molecule has 0 fully saturated rings. The molecule has 0 saturated heterocycles. The van der Waals surface area contributed by atoms with E-state index in [0.29, 0.717) is 16.6 Å². The Balaban J connectivity index is 2.13. The Kier molecular flexibility index (Phi) is 5.65. The minimum absolute atomic E-state index is 0.480. The molecule has 6 heteroatoms. The molecule has 0 amide bonds. The smallest absolute Gasteiger partial charge is 0.175 e. The van der Waals surface area contributed by atoms with Crippen LogP contribution in [0.5, 0.6) is 17.2 Å². The highest BCUT2D eigenvalue weighted by Crippen LogP contribution is 2.33. The molecule has 0 heterocycles. The summed E-state index contributed by atoms with van der Waals surface area (Å²) in [6.07, 6.45) is 0. The van der Waals surface area contributed by atoms with E-state index in [0.717, 1.165) is 22.7 Å². The second kappa shape index (κ2) is 7.69. The van der Waals surface area contributed by atoms with Gasteiger partial charge in [-0.05, 0) is 42.9 Å². The number of benzene rings is 2. The van der Waals surface area contributed by atoms with Crippen molar-refractivity contribution in [2.75, 3.05) is 32.0 Å². The number of thiocarbonyl (C=S) groups is 1. The summed E-state index contributed by atoms with van der Waals surface area (Å²) < 4.78 is 15.8. The van der Waals surface area contributed by atoms with Crippen LogP contribution in [0.1, 0.15) is 5.56 Å². The minimum Gasteiger partial charge on any atom is -0.497 e. The van der Waals surface area contributed by atoms with E-state index in [1.54, 1.807) is 21.3 Å². The van der Waals surface area contributed by atoms with Crippen molar-refractivity contribution in [3.63, 3.8) is 0 Å². The third-order valence-corrected chi connectivity index (χ3v) is 3.51. The fourth-order valence-corrected chi connectivity index (χ4v) is 2.33. The Morgan fingerprint density at radius 1 is 0.913 bits per heavy atom. The van der Waals surface area contributed by atoms with Crippen molar-refractivity contribution in [2.45, 2.75) is 6.92 Å². The first-order chi connectivity index (χ1) is 11.1. The van der Waals surface area contributed by atoms with Crippen molar-refractivity contribution in [1.29, 1.82) is 0 Å². The molecule has 0 unspecified atom stereocenters. The molecular weight excluding hydrogens is 312 g/mol. The van der Waals surface area contributed by atoms with E-state index in [-0.39, 0.29) is 0 Å². The van der Waals surface area contributed by atoms with Gasteiger partial charge in [-0.2, -0.15) is 0 Å². The molecule has 0 aliphatic heterocycles. The predicted molar refractivity (Wildman–Crippen MR) is 97.1 cm³/mol. The lowest BCUT2D eigenvalue weighted by molar-refractivity contribution is 0.355. The van der Waals surface area contributed by atoms with Gasteiger partial charge in [-0.15, -0.1) is 0 Å². The summed E-state index contributed by atoms with van der Waals surface area (Å²) in [5, 5.41) is 6.77. The van der Waals surface area contributed by atoms with Crippen LogP contribution in [-0.4, -0.2) is 26.4 Å². The Morgan fingerprint density at radius 3 is 2.26 bits per heavy atom. The summed E-state index contributed by atoms with van der Waals surface area (Å²) in [6, 6.07) is 11.3. The van der Waals surface area contributed by atoms with Gasteiger partial charge in [-0.25, -0.2) is 0 Å². The number of nitrogens with one attached hydrogen (secondary N) is 2. The molecule has 2 aromatic rings. The second-order valence-corrected chi connectivity index (χ2v) is 5.24. The van der Waals surface area contributed by atoms with Gasteiger partial charge in [0.15, 0.2) is 16.6 Å². The lowest BCUT2D eigenvalue weighted by Gasteiger charge is -2.16. The van der Waals surface area contributed by atoms with Gasteiger partial charge >= 0.3 is 0 Å². The van der Waals surface area contributed by atoms with Crippen LogP contribution >= 0.6 is 12.2 Å². The average molecular weight is 332 g/mol. The van der Waals surface area contributed by atoms with E-state index in [9.17, 15) is 0 Å². The van der Waals surface area contributed by atoms with Gasteiger partial charge in [0.1, 0.15) is 5.75 Å². The van der Waals surface area contributed by atoms with E-state index in [1.807, 2.05) is 43.3 Å². The predicted octanol–water partition coefficient (Wildman–Crippen LogP) is 3.83. The highest BCUT2D eigenvalue weighted by Gasteiger charge is 2.10. The first kappa shape index (κ1) is 16.9. The number of aryl methyl sites for hydroxylation is 1. The van der Waals surface area contributed by atoms with Crippen molar-refractivity contribution >= 4 is 28.7 Å². The zero-order valence-electron chi connectivity index (χ0n) is 13.6. The number of hydrogen-bond acceptors (Lipinski definition) is 4. The van der Waals surface area contributed by atoms with Gasteiger partial charge in [0.2, 0.25) is 0 Å². The van der Waals surface area contributed by atoms with Crippen molar-refractivity contribution in [3.8, 4) is 17.2 Å². The maximum absolute atomic E-state index is 5.36. The summed E-state index contributed by atoms with van der Waals surface area (Å²) in [6.45, 7) is 1.97. The SMILES string of the molecule is COc1cccc(NC(=S)Nc2cc(OC)c(OC)cc2C)c1. The minimum atomic E-state index is 0.480. The highest BCUT2D eigenvalue weighted by molar-refractivity contribution is 7.80. The van der Waals surface area contributed by atoms with Gasteiger partial charge in [-0.1, -0.05) is 6.07 Å². The van der Waals surface area contributed by atoms with Gasteiger partial charge < -0.3 is 24.8 Å². The largest absolute Gasteiger partial charge is 0.497 e. The van der Waals surface area contributed by atoms with Crippen molar-refractivity contribution in [3.05, 3.63) is 42.0 Å². The van der Waals surface area contributed by atoms with Crippen molar-refractivity contribution < 1.29 is 14.2 Å². The molecule has 122 valence electrons. The Labute approximate surface area is 141 Å². The lowest BCUT2D eigenvalue weighted by Crippen LogP contribution is -2.19. The molecule has 0 spiro atoms. The maximum Gasteiger partial charge on any atom is 0.175 e. The number of rotatable bonds is 5. The Morgan fingerprint density at radius 2 is 1.61 bits per heavy atom. The fraction of sp³-hybridized carbons (Fsp3) is 0.235. The summed E-state index contributed by atoms with van der Waals surface area (Å²) in [4.78, 5) is 0. The molecule has 0 aromatic heterocycles. The molecule has 0 aliphatic rings. The molecule has 0 aliphatic carbocycles. The summed E-state index contributed by atoms with van der Waals surface area (Å²) in [7, 11) is 4.84. The van der Waals surface area contributed by atoms with Crippen LogP contribution in [-0.2, 0) is 0 Å². The lowest BCUT2D eigenvalue weighted by atomic mass is 10.1. The quantitative estimate of drug-likeness (QED) is 0.812. The fourth-order valence-electron chi connectivity index (χ4n) is 2.10. The third kappa shape index (κ3) is 4.26. The van der Waals surface area contributed by atoms with E-state index < -0.39 is 0 Å². The molecule has 5 nitrogen and oxygen atoms in total. The van der Waals surface area contributed by atoms with E-state index in [2.05, 4.69) is 10.6 Å². The summed E-state index contributed by atoms with van der Waals surface area (Å²) in [5.41, 5.74) is 2.69. The van der Waals surface area contributed by atoms with E-state index in [4.69, 9.17) is 26.4 Å². The molecular formula is C17H20N2O3S. The van der Waals surface area contributed by atoms with Crippen LogP contribution in [0.4, 0.5) is 11.4 Å². The summed E-state index contributed by atoms with van der Waals surface area (Å²) in [5.74, 6) is 2.09. The maximum atomic E-state index is 5.36. The molecule has 0 atom stereocenters. The van der Waals surface area contributed by atoms with E-state index in [1.165, 1.54) is 0 Å². The summed E-state index contributed by atoms with van der Waals surface area (Å²) >= 11 is 5.36. The second-order valence-electron chi connectivity index (χ2n) is 4.83. The Bertz CT molecular complexity index is 704. The zero-order chi connectivity index (χ0) is 16.8. The molecule has 23 heavy (non-hydrogen) atoms. The van der Waals surface area contributed by atoms with Gasteiger partial charge in [-0.3, -0.25) is 0 Å². The Hall–Kier alpha value is -2.47. The van der Waals surface area contributed by atoms with Crippen LogP contribution < -0.4 is 24.8 Å². The highest BCUT2D eigenvalue weighted by atomic mass is 32.1. The molecule has 2 N–H and O–H groups in total. The molecule has 0 radical (unpaired) electrons.